The number of benzene rings is 20. The topological polar surface area (TPSA) is 19.6 Å². The molecule has 0 atom stereocenters. The van der Waals surface area contributed by atoms with Crippen molar-refractivity contribution in [1.29, 1.82) is 0 Å². The minimum atomic E-state index is 0.854. The first kappa shape index (κ1) is 75.5. The molecule has 4 heteroatoms. The second-order valence-electron chi connectivity index (χ2n) is 31.2. The van der Waals surface area contributed by atoms with Gasteiger partial charge < -0.3 is 14.2 Å². The Morgan fingerprint density at radius 2 is 0.379 bits per heavy atom. The Labute approximate surface area is 727 Å². The van der Waals surface area contributed by atoms with Crippen LogP contribution in [0.4, 0.5) is 34.1 Å². The SMILES string of the molecule is c1ccc(-c2ccccc2-c2ccccc2-c2ccc(N(c3ccc(-c4ccccc4-c4ccccc4-c4ccccc4)cc3)c3cccc4c3oc3ccccc34)cc2)cc1.c1ccc(-c2ccccc2-c2ccccc2-c2ccc(N(c3ccc(-c4ccccc4-c4ccccc4-c4ccccc4)cc3)c3cccc4c3sc3ccccc34)cc2)cc1. The molecule has 0 bridgehead atoms. The predicted octanol–water partition coefficient (Wildman–Crippen LogP) is 34.6. The van der Waals surface area contributed by atoms with E-state index >= 15 is 0 Å². The van der Waals surface area contributed by atoms with Crippen molar-refractivity contribution in [2.24, 2.45) is 0 Å². The molecule has 2 aromatic heterocycles. The van der Waals surface area contributed by atoms with Gasteiger partial charge in [-0.2, -0.15) is 0 Å². The van der Waals surface area contributed by atoms with Crippen LogP contribution in [-0.4, -0.2) is 0 Å². The molecule has 0 unspecified atom stereocenters. The van der Waals surface area contributed by atoms with Crippen molar-refractivity contribution in [2.75, 3.05) is 9.80 Å². The van der Waals surface area contributed by atoms with Crippen molar-refractivity contribution >= 4 is 87.6 Å². The van der Waals surface area contributed by atoms with Crippen LogP contribution in [0, 0.1) is 0 Å². The smallest absolute Gasteiger partial charge is 0.159 e. The summed E-state index contributed by atoms with van der Waals surface area (Å²) in [6.45, 7) is 0. The van der Waals surface area contributed by atoms with Crippen LogP contribution in [-0.2, 0) is 0 Å². The van der Waals surface area contributed by atoms with Crippen LogP contribution in [0.15, 0.2) is 502 Å². The van der Waals surface area contributed by atoms with Gasteiger partial charge in [-0.05, 0) is 206 Å². The first-order valence-electron chi connectivity index (χ1n) is 42.3. The van der Waals surface area contributed by atoms with Crippen molar-refractivity contribution in [3.63, 3.8) is 0 Å². The molecule has 0 saturated carbocycles. The summed E-state index contributed by atoms with van der Waals surface area (Å²) in [4.78, 5) is 4.75. The van der Waals surface area contributed by atoms with Crippen molar-refractivity contribution in [3.05, 3.63) is 497 Å². The number of anilines is 6. The average molecular weight is 1600 g/mol. The molecular formula is C120H82N2OS. The van der Waals surface area contributed by atoms with E-state index in [2.05, 4.69) is 495 Å². The van der Waals surface area contributed by atoms with Crippen molar-refractivity contribution in [1.82, 2.24) is 0 Å². The van der Waals surface area contributed by atoms with Gasteiger partial charge in [0.05, 0.1) is 16.1 Å². The van der Waals surface area contributed by atoms with Gasteiger partial charge in [-0.3, -0.25) is 0 Å². The molecule has 0 spiro atoms. The summed E-state index contributed by atoms with van der Waals surface area (Å²) in [6, 6.07) is 179. The van der Waals surface area contributed by atoms with Gasteiger partial charge in [0.1, 0.15) is 5.58 Å². The van der Waals surface area contributed by atoms with Gasteiger partial charge in [0.15, 0.2) is 5.58 Å². The molecule has 22 aromatic rings. The third kappa shape index (κ3) is 14.7. The Hall–Kier alpha value is -16.0. The molecule has 20 aromatic carbocycles. The Morgan fingerprint density at radius 1 is 0.153 bits per heavy atom. The van der Waals surface area contributed by atoms with E-state index in [0.29, 0.717) is 0 Å². The highest BCUT2D eigenvalue weighted by molar-refractivity contribution is 7.26. The third-order valence-electron chi connectivity index (χ3n) is 23.9. The lowest BCUT2D eigenvalue weighted by molar-refractivity contribution is 0.669. The highest BCUT2D eigenvalue weighted by atomic mass is 32.1. The van der Waals surface area contributed by atoms with E-state index in [0.717, 1.165) is 61.5 Å². The van der Waals surface area contributed by atoms with Crippen LogP contribution in [0.1, 0.15) is 0 Å². The third-order valence-corrected chi connectivity index (χ3v) is 25.1. The molecule has 0 aliphatic carbocycles. The van der Waals surface area contributed by atoms with Crippen LogP contribution in [0.25, 0.3) is 176 Å². The summed E-state index contributed by atoms with van der Waals surface area (Å²) in [6.07, 6.45) is 0. The largest absolute Gasteiger partial charge is 0.454 e. The lowest BCUT2D eigenvalue weighted by Gasteiger charge is -2.27. The minimum Gasteiger partial charge on any atom is -0.454 e. The molecule has 0 saturated heterocycles. The fourth-order valence-corrected chi connectivity index (χ4v) is 19.3. The second kappa shape index (κ2) is 34.0. The molecule has 3 nitrogen and oxygen atoms in total. The number of hydrogen-bond donors (Lipinski definition) is 0. The van der Waals surface area contributed by atoms with Gasteiger partial charge in [-0.15, -0.1) is 11.3 Å². The standard InChI is InChI=1S/C60H41NO.C60H41NS/c2*1-3-18-42(19-4-1)48-22-7-11-26-52(48)54-28-13-9-24-50(54)44-34-38-46(39-35-44)61(58-32-17-31-57-56-30-15-16-33-59(56)62-60(57)58)47-40-36-45(37-41-47)51-25-10-14-29-55(51)53-27-12-8-23-49(53)43-20-5-2-6-21-43/h2*1-41H. The maximum atomic E-state index is 6.68. The van der Waals surface area contributed by atoms with Crippen molar-refractivity contribution in [3.8, 4) is 134 Å². The zero-order valence-electron chi connectivity index (χ0n) is 68.1. The van der Waals surface area contributed by atoms with E-state index in [1.54, 1.807) is 0 Å². The number of rotatable bonds is 18. The molecule has 124 heavy (non-hydrogen) atoms. The van der Waals surface area contributed by atoms with E-state index in [1.807, 2.05) is 23.5 Å². The highest BCUT2D eigenvalue weighted by Gasteiger charge is 2.25. The fraction of sp³-hybridized carbons (Fsp3) is 0. The molecule has 2 heterocycles. The Kier molecular flexibility index (Phi) is 20.7. The summed E-state index contributed by atoms with van der Waals surface area (Å²) in [7, 11) is 0. The maximum absolute atomic E-state index is 6.68. The lowest BCUT2D eigenvalue weighted by atomic mass is 9.89. The van der Waals surface area contributed by atoms with Gasteiger partial charge in [0, 0.05) is 49.0 Å². The van der Waals surface area contributed by atoms with E-state index in [-0.39, 0.29) is 0 Å². The van der Waals surface area contributed by atoms with Gasteiger partial charge in [-0.1, -0.05) is 425 Å². The molecular weight excluding hydrogens is 1520 g/mol. The number of para-hydroxylation sites is 2. The molecule has 0 aliphatic heterocycles. The zero-order valence-corrected chi connectivity index (χ0v) is 68.9. The Bertz CT molecular complexity index is 6770. The second-order valence-corrected chi connectivity index (χ2v) is 32.2. The van der Waals surface area contributed by atoms with Gasteiger partial charge in [0.25, 0.3) is 0 Å². The number of thiophene rings is 1. The average Bonchev–Trinajstić information content (AvgIpc) is 1.22. The van der Waals surface area contributed by atoms with Crippen LogP contribution in [0.2, 0.25) is 0 Å². The molecule has 0 radical (unpaired) electrons. The molecule has 584 valence electrons. The van der Waals surface area contributed by atoms with Crippen LogP contribution in [0.3, 0.4) is 0 Å². The number of nitrogens with zero attached hydrogens (tertiary/aromatic N) is 2. The highest BCUT2D eigenvalue weighted by Crippen LogP contribution is 2.50. The maximum Gasteiger partial charge on any atom is 0.159 e. The predicted molar refractivity (Wildman–Crippen MR) is 528 cm³/mol. The van der Waals surface area contributed by atoms with Crippen LogP contribution >= 0.6 is 11.3 Å². The summed E-state index contributed by atoms with van der Waals surface area (Å²) >= 11 is 1.86. The first-order valence-corrected chi connectivity index (χ1v) is 43.2. The van der Waals surface area contributed by atoms with Crippen molar-refractivity contribution < 1.29 is 4.42 Å². The van der Waals surface area contributed by atoms with E-state index in [1.165, 1.54) is 148 Å². The van der Waals surface area contributed by atoms with E-state index < -0.39 is 0 Å². The van der Waals surface area contributed by atoms with Gasteiger partial charge >= 0.3 is 0 Å². The van der Waals surface area contributed by atoms with Gasteiger partial charge in [0.2, 0.25) is 0 Å². The summed E-state index contributed by atoms with van der Waals surface area (Å²) < 4.78 is 9.24. The summed E-state index contributed by atoms with van der Waals surface area (Å²) in [5, 5.41) is 4.77. The Morgan fingerprint density at radius 3 is 0.694 bits per heavy atom. The number of fused-ring (bicyclic) bond motifs is 6. The van der Waals surface area contributed by atoms with Crippen LogP contribution in [0.5, 0.6) is 0 Å². The zero-order chi connectivity index (χ0) is 82.5. The number of furan rings is 1. The molecule has 0 aliphatic rings. The molecule has 0 fully saturated rings. The minimum absolute atomic E-state index is 0.854. The van der Waals surface area contributed by atoms with Crippen LogP contribution < -0.4 is 9.80 Å². The normalized spacial score (nSPS) is 11.2. The van der Waals surface area contributed by atoms with E-state index in [4.69, 9.17) is 4.42 Å². The fourth-order valence-electron chi connectivity index (χ4n) is 18.1. The number of hydrogen-bond acceptors (Lipinski definition) is 4. The van der Waals surface area contributed by atoms with Gasteiger partial charge in [-0.25, -0.2) is 0 Å². The monoisotopic (exact) mass is 1600 g/mol. The molecule has 22 rings (SSSR count). The van der Waals surface area contributed by atoms with Crippen molar-refractivity contribution in [2.45, 2.75) is 0 Å². The summed E-state index contributed by atoms with van der Waals surface area (Å²) in [5.41, 5.74) is 37.0. The first-order chi connectivity index (χ1) is 61.6. The Balaban J connectivity index is 0.000000152. The molecule has 0 N–H and O–H groups in total. The quantitative estimate of drug-likeness (QED) is 0.0854. The lowest BCUT2D eigenvalue weighted by Crippen LogP contribution is -2.10. The molecule has 0 amide bonds. The van der Waals surface area contributed by atoms with E-state index in [9.17, 15) is 0 Å². The summed E-state index contributed by atoms with van der Waals surface area (Å²) in [5.74, 6) is 0.